The molecule has 0 aliphatic rings. The molecule has 0 aliphatic heterocycles. The fourth-order valence-electron chi connectivity index (χ4n) is 1.76. The Morgan fingerprint density at radius 2 is 1.43 bits per heavy atom. The van der Waals surface area contributed by atoms with Crippen molar-refractivity contribution < 1.29 is 19.1 Å². The standard InChI is InChI=1S/C12H14O4.C7H8/c1-9(10-6-4-3-5-7-10)16-12(14)8-11(13)15-2;1-7-5-3-2-4-6-7/h3-7,9H,8H2,1-2H3;2-6H,1H3. The summed E-state index contributed by atoms with van der Waals surface area (Å²) in [5, 5.41) is 0. The van der Waals surface area contributed by atoms with Crippen LogP contribution in [-0.2, 0) is 19.1 Å². The van der Waals surface area contributed by atoms with Gasteiger partial charge in [-0.3, -0.25) is 9.59 Å². The van der Waals surface area contributed by atoms with Gasteiger partial charge in [-0.2, -0.15) is 0 Å². The number of carbonyl (C=O) groups is 2. The Morgan fingerprint density at radius 1 is 0.913 bits per heavy atom. The normalized spacial score (nSPS) is 10.7. The van der Waals surface area contributed by atoms with Crippen molar-refractivity contribution >= 4 is 11.9 Å². The predicted molar refractivity (Wildman–Crippen MR) is 88.8 cm³/mol. The Hall–Kier alpha value is -2.62. The van der Waals surface area contributed by atoms with E-state index in [4.69, 9.17) is 4.74 Å². The molecule has 4 nitrogen and oxygen atoms in total. The summed E-state index contributed by atoms with van der Waals surface area (Å²) in [6.07, 6.45) is -0.716. The van der Waals surface area contributed by atoms with Crippen molar-refractivity contribution in [2.24, 2.45) is 0 Å². The van der Waals surface area contributed by atoms with Gasteiger partial charge in [0, 0.05) is 0 Å². The van der Waals surface area contributed by atoms with Gasteiger partial charge in [0.05, 0.1) is 7.11 Å². The number of aryl methyl sites for hydroxylation is 1. The number of hydrogen-bond donors (Lipinski definition) is 0. The molecule has 0 saturated heterocycles. The van der Waals surface area contributed by atoms with Gasteiger partial charge < -0.3 is 9.47 Å². The molecule has 23 heavy (non-hydrogen) atoms. The summed E-state index contributed by atoms with van der Waals surface area (Å²) in [7, 11) is 1.23. The first-order chi connectivity index (χ1) is 11.0. The maximum atomic E-state index is 11.3. The van der Waals surface area contributed by atoms with E-state index in [0.717, 1.165) is 5.56 Å². The van der Waals surface area contributed by atoms with Crippen LogP contribution in [0.4, 0.5) is 0 Å². The maximum absolute atomic E-state index is 11.3. The van der Waals surface area contributed by atoms with Crippen molar-refractivity contribution in [1.29, 1.82) is 0 Å². The Kier molecular flexibility index (Phi) is 8.14. The number of rotatable bonds is 4. The van der Waals surface area contributed by atoms with E-state index in [1.807, 2.05) is 48.5 Å². The van der Waals surface area contributed by atoms with Gasteiger partial charge in [0.25, 0.3) is 0 Å². The number of benzene rings is 2. The monoisotopic (exact) mass is 314 g/mol. The van der Waals surface area contributed by atoms with Crippen molar-refractivity contribution in [2.75, 3.05) is 7.11 Å². The lowest BCUT2D eigenvalue weighted by Gasteiger charge is -2.12. The Labute approximate surface area is 137 Å². The average molecular weight is 314 g/mol. The second-order valence-corrected chi connectivity index (χ2v) is 4.95. The van der Waals surface area contributed by atoms with E-state index in [-0.39, 0.29) is 12.5 Å². The van der Waals surface area contributed by atoms with Crippen molar-refractivity contribution in [3.63, 3.8) is 0 Å². The van der Waals surface area contributed by atoms with Crippen molar-refractivity contribution in [3.8, 4) is 0 Å². The summed E-state index contributed by atoms with van der Waals surface area (Å²) in [6.45, 7) is 3.84. The zero-order valence-electron chi connectivity index (χ0n) is 13.7. The van der Waals surface area contributed by atoms with E-state index < -0.39 is 11.9 Å². The minimum Gasteiger partial charge on any atom is -0.469 e. The molecule has 0 N–H and O–H groups in total. The minimum atomic E-state index is -0.592. The molecule has 4 heteroatoms. The summed E-state index contributed by atoms with van der Waals surface area (Å²) >= 11 is 0. The van der Waals surface area contributed by atoms with Crippen LogP contribution < -0.4 is 0 Å². The second kappa shape index (κ2) is 10.2. The maximum Gasteiger partial charge on any atom is 0.317 e. The summed E-state index contributed by atoms with van der Waals surface area (Å²) in [6, 6.07) is 19.6. The van der Waals surface area contributed by atoms with Crippen LogP contribution in [0.15, 0.2) is 60.7 Å². The first kappa shape index (κ1) is 18.4. The molecular weight excluding hydrogens is 292 g/mol. The summed E-state index contributed by atoms with van der Waals surface area (Å²) in [5.41, 5.74) is 2.21. The minimum absolute atomic E-state index is 0.353. The second-order valence-electron chi connectivity index (χ2n) is 4.95. The Balaban J connectivity index is 0.000000313. The third-order valence-corrected chi connectivity index (χ3v) is 3.03. The van der Waals surface area contributed by atoms with Crippen molar-refractivity contribution in [3.05, 3.63) is 71.8 Å². The smallest absolute Gasteiger partial charge is 0.317 e. The molecule has 0 aromatic heterocycles. The molecule has 1 atom stereocenters. The van der Waals surface area contributed by atoms with Crippen LogP contribution >= 0.6 is 0 Å². The van der Waals surface area contributed by atoms with Gasteiger partial charge in [-0.25, -0.2) is 0 Å². The molecule has 0 fully saturated rings. The van der Waals surface area contributed by atoms with Gasteiger partial charge in [-0.05, 0) is 19.4 Å². The highest BCUT2D eigenvalue weighted by Crippen LogP contribution is 2.16. The number of carbonyl (C=O) groups excluding carboxylic acids is 2. The molecule has 0 amide bonds. The van der Waals surface area contributed by atoms with Crippen LogP contribution in [0.2, 0.25) is 0 Å². The number of esters is 2. The van der Waals surface area contributed by atoms with Crippen LogP contribution in [0.1, 0.15) is 30.6 Å². The average Bonchev–Trinajstić information content (AvgIpc) is 2.56. The van der Waals surface area contributed by atoms with Gasteiger partial charge in [-0.15, -0.1) is 0 Å². The van der Waals surface area contributed by atoms with E-state index in [2.05, 4.69) is 23.8 Å². The molecule has 0 spiro atoms. The first-order valence-electron chi connectivity index (χ1n) is 7.35. The van der Waals surface area contributed by atoms with Crippen LogP contribution in [0, 0.1) is 6.92 Å². The largest absolute Gasteiger partial charge is 0.469 e. The van der Waals surface area contributed by atoms with Crippen LogP contribution in [0.25, 0.3) is 0 Å². The number of methoxy groups -OCH3 is 1. The molecule has 0 radical (unpaired) electrons. The summed E-state index contributed by atoms with van der Waals surface area (Å²) < 4.78 is 9.44. The molecule has 122 valence electrons. The molecular formula is C19H22O4. The number of ether oxygens (including phenoxy) is 2. The quantitative estimate of drug-likeness (QED) is 0.635. The molecule has 0 bridgehead atoms. The topological polar surface area (TPSA) is 52.6 Å². The highest BCUT2D eigenvalue weighted by molar-refractivity contribution is 5.91. The molecule has 2 aromatic carbocycles. The lowest BCUT2D eigenvalue weighted by atomic mass is 10.1. The van der Waals surface area contributed by atoms with Crippen molar-refractivity contribution in [2.45, 2.75) is 26.4 Å². The fraction of sp³-hybridized carbons (Fsp3) is 0.263. The first-order valence-corrected chi connectivity index (χ1v) is 7.35. The molecule has 1 unspecified atom stereocenters. The van der Waals surface area contributed by atoms with Crippen LogP contribution in [0.5, 0.6) is 0 Å². The molecule has 2 rings (SSSR count). The SMILES string of the molecule is COC(=O)CC(=O)OC(C)c1ccccc1.Cc1ccccc1. The van der Waals surface area contributed by atoms with Gasteiger partial charge in [-0.1, -0.05) is 66.2 Å². The van der Waals surface area contributed by atoms with Crippen molar-refractivity contribution in [1.82, 2.24) is 0 Å². The van der Waals surface area contributed by atoms with Gasteiger partial charge >= 0.3 is 11.9 Å². The van der Waals surface area contributed by atoms with E-state index >= 15 is 0 Å². The van der Waals surface area contributed by atoms with E-state index in [1.165, 1.54) is 12.7 Å². The van der Waals surface area contributed by atoms with E-state index in [1.54, 1.807) is 6.92 Å². The molecule has 2 aromatic rings. The van der Waals surface area contributed by atoms with E-state index in [9.17, 15) is 9.59 Å². The van der Waals surface area contributed by atoms with Crippen LogP contribution in [-0.4, -0.2) is 19.0 Å². The molecule has 0 aliphatic carbocycles. The third kappa shape index (κ3) is 7.81. The predicted octanol–water partition coefficient (Wildman–Crippen LogP) is 3.85. The summed E-state index contributed by atoms with van der Waals surface area (Å²) in [4.78, 5) is 22.1. The summed E-state index contributed by atoms with van der Waals surface area (Å²) in [5.74, 6) is -1.17. The van der Waals surface area contributed by atoms with Crippen LogP contribution in [0.3, 0.4) is 0 Å². The number of hydrogen-bond acceptors (Lipinski definition) is 4. The van der Waals surface area contributed by atoms with Gasteiger partial charge in [0.2, 0.25) is 0 Å². The zero-order valence-corrected chi connectivity index (χ0v) is 13.7. The fourth-order valence-corrected chi connectivity index (χ4v) is 1.76. The third-order valence-electron chi connectivity index (χ3n) is 3.03. The Bertz CT molecular complexity index is 593. The highest BCUT2D eigenvalue weighted by atomic mass is 16.6. The van der Waals surface area contributed by atoms with Gasteiger partial charge in [0.1, 0.15) is 12.5 Å². The molecule has 0 saturated carbocycles. The Morgan fingerprint density at radius 3 is 1.87 bits per heavy atom. The van der Waals surface area contributed by atoms with E-state index in [0.29, 0.717) is 0 Å². The van der Waals surface area contributed by atoms with Gasteiger partial charge in [0.15, 0.2) is 0 Å². The zero-order chi connectivity index (χ0) is 17.1. The lowest BCUT2D eigenvalue weighted by Crippen LogP contribution is -2.14. The molecule has 0 heterocycles. The highest BCUT2D eigenvalue weighted by Gasteiger charge is 2.15. The lowest BCUT2D eigenvalue weighted by molar-refractivity contribution is -0.156.